The lowest BCUT2D eigenvalue weighted by molar-refractivity contribution is 0.0780. The molecule has 3 unspecified atom stereocenters. The second-order valence-electron chi connectivity index (χ2n) is 30.1. The highest BCUT2D eigenvalue weighted by atomic mass is 35.7. The van der Waals surface area contributed by atoms with Crippen LogP contribution < -0.4 is 25.8 Å². The smallest absolute Gasteiger partial charge is 0.264 e. The average Bonchev–Trinajstić information content (AvgIpc) is 1.13. The Morgan fingerprint density at radius 2 is 0.754 bits per heavy atom. The number of halogens is 1. The molecule has 12 rings (SSSR count). The van der Waals surface area contributed by atoms with Crippen molar-refractivity contribution in [1.29, 1.82) is 0 Å². The van der Waals surface area contributed by atoms with Gasteiger partial charge in [-0.15, -0.1) is 34.0 Å². The molecule has 648 valence electrons. The first-order chi connectivity index (χ1) is 55.1. The van der Waals surface area contributed by atoms with Gasteiger partial charge < -0.3 is 46.2 Å². The fourth-order valence-electron chi connectivity index (χ4n) is 13.2. The van der Waals surface area contributed by atoms with Crippen molar-refractivity contribution in [3.05, 3.63) is 250 Å². The lowest BCUT2D eigenvalue weighted by Crippen LogP contribution is -2.59. The molecule has 9 aromatic rings. The maximum Gasteiger partial charge on any atom is 0.264 e. The Hall–Kier alpha value is -6.63. The average molecular weight is 1820 g/mol. The molecule has 3 aliphatic heterocycles. The van der Waals surface area contributed by atoms with E-state index in [9.17, 15) is 65.8 Å². The van der Waals surface area contributed by atoms with Crippen LogP contribution in [0.4, 0.5) is 17.1 Å². The van der Waals surface area contributed by atoms with Gasteiger partial charge in [-0.25, -0.2) is 42.1 Å². The van der Waals surface area contributed by atoms with Crippen molar-refractivity contribution >= 4 is 121 Å². The summed E-state index contributed by atoms with van der Waals surface area (Å²) in [6.45, 7) is 19.9. The van der Waals surface area contributed by atoms with Crippen molar-refractivity contribution in [3.8, 4) is 0 Å². The molecule has 0 aliphatic carbocycles. The van der Waals surface area contributed by atoms with Crippen molar-refractivity contribution in [1.82, 2.24) is 22.5 Å². The summed E-state index contributed by atoms with van der Waals surface area (Å²) >= 11 is 3.58. The Labute approximate surface area is 715 Å². The molecule has 7 N–H and O–H groups in total. The molecule has 26 nitrogen and oxygen atoms in total. The number of piperazine rings is 3. The number of nitrogens with one attached hydrogen (secondary N) is 1. The maximum atomic E-state index is 13.4. The van der Waals surface area contributed by atoms with Crippen LogP contribution in [0, 0.1) is 0 Å². The summed E-state index contributed by atoms with van der Waals surface area (Å²) < 4.78 is 159. The summed E-state index contributed by atoms with van der Waals surface area (Å²) in [5, 5.41) is 46.7. The van der Waals surface area contributed by atoms with Gasteiger partial charge in [0.05, 0.1) is 60.3 Å². The number of nitrogens with zero attached hydrogens (tertiary/aromatic N) is 7. The molecule has 3 saturated heterocycles. The lowest BCUT2D eigenvalue weighted by Gasteiger charge is -2.44. The molecule has 3 aliphatic rings. The van der Waals surface area contributed by atoms with E-state index in [0.29, 0.717) is 43.5 Å². The third kappa shape index (κ3) is 29.0. The van der Waals surface area contributed by atoms with Gasteiger partial charge in [0.25, 0.3) is 40.2 Å². The van der Waals surface area contributed by atoms with Crippen LogP contribution in [0.15, 0.2) is 229 Å². The Balaban J connectivity index is 0.000000224. The first kappa shape index (κ1) is 98.5. The molecule has 0 saturated carbocycles. The van der Waals surface area contributed by atoms with Crippen LogP contribution in [0.2, 0.25) is 0 Å². The molecular formula is C82H112ClN9O17S9. The Kier molecular flexibility index (Phi) is 35.8. The monoisotopic (exact) mass is 1820 g/mol. The zero-order valence-electron chi connectivity index (χ0n) is 68.6. The molecular weight excluding hydrogens is 1710 g/mol. The SMILES string of the molecule is CC(C)(O)c1ccc(N2CCN(S(=O)(=O)c3cccs3)C[C@@H]2COS(C)(=O)=O)cc1.CC(N)c1ccccc1.CC(NC[C@H]1CN(S(=O)(=O)c2cccs2)CCN1c1ccc(C(C)(C)O)cc1)c1ccccc1.CC(c1ccccc1)N(C[C@H]1CN(S(=O)(=O)c2cccs2)CCN1c1ccc(C(C)(C)O)cc1)S(C)(=O)=O.CO.CS(=O)(=O)Cl. The van der Waals surface area contributed by atoms with E-state index >= 15 is 0 Å². The van der Waals surface area contributed by atoms with Gasteiger partial charge in [-0.1, -0.05) is 146 Å². The number of hydrogen-bond donors (Lipinski definition) is 6. The van der Waals surface area contributed by atoms with Crippen LogP contribution in [0.3, 0.4) is 0 Å². The molecule has 0 bridgehead atoms. The van der Waals surface area contributed by atoms with Crippen LogP contribution in [-0.2, 0) is 80.2 Å². The van der Waals surface area contributed by atoms with Gasteiger partial charge in [-0.2, -0.15) is 25.6 Å². The van der Waals surface area contributed by atoms with Crippen molar-refractivity contribution in [2.75, 3.05) is 119 Å². The highest BCUT2D eigenvalue weighted by molar-refractivity contribution is 8.13. The van der Waals surface area contributed by atoms with Gasteiger partial charge in [0.15, 0.2) is 0 Å². The van der Waals surface area contributed by atoms with Crippen LogP contribution in [0.1, 0.15) is 114 Å². The fraction of sp³-hybridized carbons (Fsp3) is 0.415. The number of aliphatic hydroxyl groups is 4. The van der Waals surface area contributed by atoms with E-state index in [4.69, 9.17) is 15.0 Å². The molecule has 118 heavy (non-hydrogen) atoms. The second-order valence-corrected chi connectivity index (χ2v) is 46.0. The number of aliphatic hydroxyl groups excluding tert-OH is 1. The number of nitrogens with two attached hydrogens (primary N) is 1. The Bertz CT molecular complexity index is 5250. The summed E-state index contributed by atoms with van der Waals surface area (Å²) in [6.07, 6.45) is 3.09. The minimum Gasteiger partial charge on any atom is -0.400 e. The predicted molar refractivity (Wildman–Crippen MR) is 476 cm³/mol. The van der Waals surface area contributed by atoms with Crippen LogP contribution in [0.5, 0.6) is 0 Å². The van der Waals surface area contributed by atoms with Crippen LogP contribution in [0.25, 0.3) is 0 Å². The molecule has 36 heteroatoms. The largest absolute Gasteiger partial charge is 0.400 e. The van der Waals surface area contributed by atoms with E-state index in [1.54, 1.807) is 111 Å². The number of benzene rings is 6. The summed E-state index contributed by atoms with van der Waals surface area (Å²) in [6, 6.07) is 61.3. The van der Waals surface area contributed by atoms with Crippen LogP contribution in [-0.4, -0.2) is 211 Å². The van der Waals surface area contributed by atoms with Crippen molar-refractivity contribution in [2.45, 2.75) is 128 Å². The molecule has 6 aromatic carbocycles. The summed E-state index contributed by atoms with van der Waals surface area (Å²) in [4.78, 5) is 6.30. The zero-order chi connectivity index (χ0) is 87.4. The van der Waals surface area contributed by atoms with E-state index < -0.39 is 94.2 Å². The summed E-state index contributed by atoms with van der Waals surface area (Å²) in [5.74, 6) is 0. The van der Waals surface area contributed by atoms with E-state index in [2.05, 4.69) is 44.9 Å². The molecule has 0 radical (unpaired) electrons. The van der Waals surface area contributed by atoms with Gasteiger partial charge in [0.1, 0.15) is 12.6 Å². The van der Waals surface area contributed by atoms with E-state index in [1.807, 2.05) is 158 Å². The van der Waals surface area contributed by atoms with Gasteiger partial charge in [-0.3, -0.25) is 4.18 Å². The maximum absolute atomic E-state index is 13.4. The molecule has 6 heterocycles. The Morgan fingerprint density at radius 1 is 0.449 bits per heavy atom. The molecule has 3 fully saturated rings. The molecule has 6 atom stereocenters. The third-order valence-electron chi connectivity index (χ3n) is 19.6. The molecule has 0 spiro atoms. The quantitative estimate of drug-likeness (QED) is 0.0229. The molecule has 0 amide bonds. The number of rotatable bonds is 25. The number of anilines is 3. The van der Waals surface area contributed by atoms with Crippen molar-refractivity contribution in [2.24, 2.45) is 5.73 Å². The predicted octanol–water partition coefficient (Wildman–Crippen LogP) is 11.4. The first-order valence-corrected chi connectivity index (χ1v) is 51.2. The molecule has 3 aromatic heterocycles. The van der Waals surface area contributed by atoms with E-state index in [-0.39, 0.29) is 65.9 Å². The standard InChI is InChI=1S/C27H35N3O5S3.C26H33N3O3S2.C19H26N2O6S3.C8H11N.CH3ClO2S.CH4O/c1-21(22-9-6-5-7-10-22)30(37(4,32)33)20-25-19-28(38(34,35)26-11-8-18-36-26)16-17-29(25)24-14-12-23(13-15-24)27(2,3)31;1-20(21-8-5-4-6-9-21)27-18-24-19-28(34(31,32)25-10-7-17-33-25)15-16-29(24)23-13-11-22(12-14-23)26(2,3)30;1-19(2,22)15-6-8-16(9-7-15)21-11-10-20(13-17(21)14-27-29(3,23)24)30(25,26)18-5-4-12-28-18;1-7(9)8-5-3-2-4-6-8;1-5(2,3)4;1-2/h5-15,18,21,25,31H,16-17,19-20H2,1-4H3;4-14,17,20,24,27,30H,15-16,18-19H2,1-3H3;4-9,12,17,22H,10-11,13-14H2,1-3H3;2-7H,9H2,1H3;1H3;2H,1H3/t21?,25-;20?,24-;17-;;;/m101.../s1. The minimum atomic E-state index is -3.70. The number of hydrogen-bond acceptors (Lipinski definition) is 25. The van der Waals surface area contributed by atoms with Crippen molar-refractivity contribution < 1.29 is 75.1 Å². The summed E-state index contributed by atoms with van der Waals surface area (Å²) in [5.41, 5.74) is 11.0. The highest BCUT2D eigenvalue weighted by Gasteiger charge is 2.41. The summed E-state index contributed by atoms with van der Waals surface area (Å²) in [7, 11) is -15.9. The second kappa shape index (κ2) is 42.9. The lowest BCUT2D eigenvalue weighted by atomic mass is 9.98. The van der Waals surface area contributed by atoms with Gasteiger partial charge in [0, 0.05) is 125 Å². The topological polar surface area (TPSA) is 356 Å². The Morgan fingerprint density at radius 3 is 1.05 bits per heavy atom. The third-order valence-corrected chi connectivity index (χ3v) is 31.2. The van der Waals surface area contributed by atoms with Gasteiger partial charge >= 0.3 is 0 Å². The fourth-order valence-corrected chi connectivity index (χ4v) is 22.6. The number of thiophene rings is 3. The normalized spacial score (nSPS) is 17.8. The van der Waals surface area contributed by atoms with Crippen LogP contribution >= 0.6 is 44.7 Å². The van der Waals surface area contributed by atoms with Gasteiger partial charge in [0.2, 0.25) is 19.1 Å². The number of sulfonamides is 4. The first-order valence-electron chi connectivity index (χ1n) is 37.8. The van der Waals surface area contributed by atoms with Crippen molar-refractivity contribution in [3.63, 3.8) is 0 Å². The highest BCUT2D eigenvalue weighted by Crippen LogP contribution is 2.35. The van der Waals surface area contributed by atoms with E-state index in [0.717, 1.165) is 70.3 Å². The zero-order valence-corrected chi connectivity index (χ0v) is 76.7. The van der Waals surface area contributed by atoms with Gasteiger partial charge in [-0.05, 0) is 166 Å². The minimum absolute atomic E-state index is 0.0392. The van der Waals surface area contributed by atoms with E-state index in [1.165, 1.54) is 53.0 Å².